The Labute approximate surface area is 104 Å². The minimum absolute atomic E-state index is 0.147. The Kier molecular flexibility index (Phi) is 5.33. The molecular weight excluding hydrogens is 236 g/mol. The quantitative estimate of drug-likeness (QED) is 0.785. The Bertz CT molecular complexity index is 404. The van der Waals surface area contributed by atoms with Crippen molar-refractivity contribution in [1.82, 2.24) is 0 Å². The lowest BCUT2D eigenvalue weighted by molar-refractivity contribution is 0.367. The van der Waals surface area contributed by atoms with Gasteiger partial charge in [0.25, 0.3) is 0 Å². The van der Waals surface area contributed by atoms with Gasteiger partial charge in [-0.25, -0.2) is 13.6 Å². The molecule has 0 radical (unpaired) electrons. The second kappa shape index (κ2) is 6.31. The van der Waals surface area contributed by atoms with Crippen molar-refractivity contribution in [3.05, 3.63) is 11.0 Å². The number of hydrogen-bond donors (Lipinski definition) is 1. The lowest BCUT2D eigenvalue weighted by Crippen LogP contribution is -2.20. The molecule has 0 atom stereocenters. The third kappa shape index (κ3) is 4.60. The zero-order chi connectivity index (χ0) is 12.9. The van der Waals surface area contributed by atoms with E-state index in [4.69, 9.17) is 5.14 Å². The Morgan fingerprint density at radius 3 is 2.41 bits per heavy atom. The second-order valence-electron chi connectivity index (χ2n) is 4.63. The lowest BCUT2D eigenvalue weighted by Gasteiger charge is -2.19. The van der Waals surface area contributed by atoms with Gasteiger partial charge in [0.1, 0.15) is 0 Å². The van der Waals surface area contributed by atoms with Crippen LogP contribution in [0.5, 0.6) is 0 Å². The fourth-order valence-electron chi connectivity index (χ4n) is 2.29. The van der Waals surface area contributed by atoms with Crippen molar-refractivity contribution in [1.29, 1.82) is 0 Å². The van der Waals surface area contributed by atoms with E-state index in [0.29, 0.717) is 11.6 Å². The summed E-state index contributed by atoms with van der Waals surface area (Å²) in [5.41, 5.74) is 0.528. The molecule has 98 valence electrons. The Morgan fingerprint density at radius 2 is 1.94 bits per heavy atom. The molecule has 0 aromatic carbocycles. The molecule has 4 nitrogen and oxygen atoms in total. The molecule has 0 saturated heterocycles. The van der Waals surface area contributed by atoms with E-state index >= 15 is 0 Å². The van der Waals surface area contributed by atoms with E-state index in [1.54, 1.807) is 13.8 Å². The van der Waals surface area contributed by atoms with Gasteiger partial charge in [0.15, 0.2) is 0 Å². The molecule has 1 rings (SSSR count). The predicted molar refractivity (Wildman–Crippen MR) is 71.4 cm³/mol. The Morgan fingerprint density at radius 1 is 1.35 bits per heavy atom. The number of hydrogen-bond acceptors (Lipinski definition) is 3. The van der Waals surface area contributed by atoms with Crippen LogP contribution in [0.4, 0.5) is 0 Å². The van der Waals surface area contributed by atoms with E-state index < -0.39 is 10.0 Å². The maximum atomic E-state index is 11.3. The van der Waals surface area contributed by atoms with E-state index in [9.17, 15) is 8.42 Å². The van der Waals surface area contributed by atoms with E-state index in [2.05, 4.69) is 4.99 Å². The molecule has 0 aliphatic heterocycles. The third-order valence-electron chi connectivity index (χ3n) is 3.24. The van der Waals surface area contributed by atoms with Gasteiger partial charge in [-0.2, -0.15) is 0 Å². The summed E-state index contributed by atoms with van der Waals surface area (Å²) in [6, 6.07) is 0. The molecule has 17 heavy (non-hydrogen) atoms. The Balaban J connectivity index is 2.65. The number of nitrogens with zero attached hydrogens (tertiary/aromatic N) is 1. The highest BCUT2D eigenvalue weighted by atomic mass is 32.2. The maximum Gasteiger partial charge on any atom is 0.239 e. The van der Waals surface area contributed by atoms with E-state index in [0.717, 1.165) is 6.54 Å². The Hall–Kier alpha value is -0.680. The summed E-state index contributed by atoms with van der Waals surface area (Å²) in [7, 11) is -3.64. The van der Waals surface area contributed by atoms with Crippen molar-refractivity contribution in [2.45, 2.75) is 46.0 Å². The summed E-state index contributed by atoms with van der Waals surface area (Å²) < 4.78 is 22.6. The lowest BCUT2D eigenvalue weighted by atomic mass is 9.89. The zero-order valence-corrected chi connectivity index (χ0v) is 11.5. The minimum atomic E-state index is -3.64. The number of allylic oxidation sites excluding steroid dienone is 2. The molecule has 0 heterocycles. The van der Waals surface area contributed by atoms with Crippen molar-refractivity contribution < 1.29 is 8.42 Å². The van der Waals surface area contributed by atoms with Gasteiger partial charge >= 0.3 is 0 Å². The molecule has 0 unspecified atom stereocenters. The summed E-state index contributed by atoms with van der Waals surface area (Å²) in [6.07, 6.45) is 7.77. The normalized spacial score (nSPS) is 20.6. The molecule has 2 N–H and O–H groups in total. The monoisotopic (exact) mass is 258 g/mol. The van der Waals surface area contributed by atoms with Gasteiger partial charge in [-0.15, -0.1) is 0 Å². The molecule has 0 amide bonds. The van der Waals surface area contributed by atoms with Crippen molar-refractivity contribution >= 4 is 15.7 Å². The summed E-state index contributed by atoms with van der Waals surface area (Å²) in [5.74, 6) is 0.609. The first kappa shape index (κ1) is 14.4. The van der Waals surface area contributed by atoms with Crippen LogP contribution in [0.1, 0.15) is 46.0 Å². The van der Waals surface area contributed by atoms with Gasteiger partial charge in [-0.1, -0.05) is 25.3 Å². The van der Waals surface area contributed by atoms with E-state index in [1.165, 1.54) is 38.2 Å². The average molecular weight is 258 g/mol. The first-order valence-corrected chi connectivity index (χ1v) is 7.70. The van der Waals surface area contributed by atoms with Gasteiger partial charge in [0.05, 0.1) is 10.6 Å². The average Bonchev–Trinajstić information content (AvgIpc) is 2.27. The highest BCUT2D eigenvalue weighted by Crippen LogP contribution is 2.23. The highest BCUT2D eigenvalue weighted by molar-refractivity contribution is 7.94. The van der Waals surface area contributed by atoms with Gasteiger partial charge < -0.3 is 0 Å². The van der Waals surface area contributed by atoms with Gasteiger partial charge in [0, 0.05) is 6.54 Å². The van der Waals surface area contributed by atoms with Crippen molar-refractivity contribution in [3.63, 3.8) is 0 Å². The standard InChI is InChI=1S/C12H22N2O2S/c1-3-12(17(13,15)16)10(2)14-9-11-7-5-4-6-8-11/h3,11H,4-9H2,1-2H3,(H2,13,15,16)/b12-3+,14-10?. The molecule has 0 spiro atoms. The highest BCUT2D eigenvalue weighted by Gasteiger charge is 2.16. The minimum Gasteiger partial charge on any atom is -0.288 e. The van der Waals surface area contributed by atoms with Crippen LogP contribution >= 0.6 is 0 Å². The molecule has 1 fully saturated rings. The number of aliphatic imine (C=N–C) groups is 1. The number of rotatable bonds is 4. The van der Waals surface area contributed by atoms with Gasteiger partial charge in [-0.3, -0.25) is 4.99 Å². The molecule has 0 aromatic heterocycles. The fraction of sp³-hybridized carbons (Fsp3) is 0.750. The van der Waals surface area contributed by atoms with Crippen molar-refractivity contribution in [3.8, 4) is 0 Å². The maximum absolute atomic E-state index is 11.3. The topological polar surface area (TPSA) is 72.5 Å². The van der Waals surface area contributed by atoms with Crippen LogP contribution in [-0.4, -0.2) is 20.7 Å². The molecule has 0 bridgehead atoms. The van der Waals surface area contributed by atoms with Crippen LogP contribution in [0.3, 0.4) is 0 Å². The first-order valence-electron chi connectivity index (χ1n) is 6.15. The molecular formula is C12H22N2O2S. The molecule has 5 heteroatoms. The zero-order valence-electron chi connectivity index (χ0n) is 10.6. The summed E-state index contributed by atoms with van der Waals surface area (Å²) >= 11 is 0. The molecule has 1 saturated carbocycles. The predicted octanol–water partition coefficient (Wildman–Crippen LogP) is 2.22. The van der Waals surface area contributed by atoms with E-state index in [1.807, 2.05) is 0 Å². The first-order chi connectivity index (χ1) is 7.95. The van der Waals surface area contributed by atoms with Crippen LogP contribution in [0.2, 0.25) is 0 Å². The number of primary sulfonamides is 1. The van der Waals surface area contributed by atoms with Crippen molar-refractivity contribution in [2.24, 2.45) is 16.0 Å². The number of sulfonamides is 1. The SMILES string of the molecule is C/C=C(\C(C)=NCC1CCCCC1)S(N)(=O)=O. The molecule has 1 aliphatic carbocycles. The molecule has 0 aromatic rings. The van der Waals surface area contributed by atoms with Gasteiger partial charge in [0.2, 0.25) is 10.0 Å². The van der Waals surface area contributed by atoms with Crippen LogP contribution in [-0.2, 0) is 10.0 Å². The van der Waals surface area contributed by atoms with Crippen molar-refractivity contribution in [2.75, 3.05) is 6.54 Å². The second-order valence-corrected chi connectivity index (χ2v) is 6.16. The van der Waals surface area contributed by atoms with Crippen LogP contribution in [0, 0.1) is 5.92 Å². The van der Waals surface area contributed by atoms with Crippen LogP contribution in [0.25, 0.3) is 0 Å². The van der Waals surface area contributed by atoms with Crippen LogP contribution in [0.15, 0.2) is 16.0 Å². The summed E-state index contributed by atoms with van der Waals surface area (Å²) in [5, 5.41) is 5.12. The van der Waals surface area contributed by atoms with Crippen LogP contribution < -0.4 is 5.14 Å². The summed E-state index contributed by atoms with van der Waals surface area (Å²) in [6.45, 7) is 4.10. The molecule has 1 aliphatic rings. The van der Waals surface area contributed by atoms with Gasteiger partial charge in [-0.05, 0) is 32.6 Å². The third-order valence-corrected chi connectivity index (χ3v) is 4.38. The largest absolute Gasteiger partial charge is 0.288 e. The smallest absolute Gasteiger partial charge is 0.239 e. The summed E-state index contributed by atoms with van der Waals surface area (Å²) in [4.78, 5) is 4.52. The fourth-order valence-corrected chi connectivity index (χ4v) is 3.10. The van der Waals surface area contributed by atoms with E-state index in [-0.39, 0.29) is 4.91 Å². The number of nitrogens with two attached hydrogens (primary N) is 1.